The van der Waals surface area contributed by atoms with Gasteiger partial charge in [0.15, 0.2) is 0 Å². The molecule has 1 unspecified atom stereocenters. The molecule has 1 heterocycles. The van der Waals surface area contributed by atoms with Gasteiger partial charge in [0.2, 0.25) is 11.8 Å². The molecular weight excluding hydrogens is 344 g/mol. The number of nitrogens with zero attached hydrogens (tertiary/aromatic N) is 1. The quantitative estimate of drug-likeness (QED) is 0.734. The molecule has 0 radical (unpaired) electrons. The predicted octanol–water partition coefficient (Wildman–Crippen LogP) is 3.14. The minimum atomic E-state index is -0.570. The number of halogens is 1. The zero-order valence-electron chi connectivity index (χ0n) is 14.1. The highest BCUT2D eigenvalue weighted by Gasteiger charge is 2.16. The fraction of sp³-hybridized carbons (Fsp3) is 0.235. The predicted molar refractivity (Wildman–Crippen MR) is 98.3 cm³/mol. The van der Waals surface area contributed by atoms with E-state index in [1.807, 2.05) is 0 Å². The molecule has 2 rings (SSSR count). The van der Waals surface area contributed by atoms with Gasteiger partial charge in [-0.15, -0.1) is 0 Å². The van der Waals surface area contributed by atoms with Gasteiger partial charge >= 0.3 is 0 Å². The zero-order valence-corrected chi connectivity index (χ0v) is 14.8. The van der Waals surface area contributed by atoms with Crippen molar-refractivity contribution in [1.82, 2.24) is 4.98 Å². The minimum Gasteiger partial charge on any atom is -0.495 e. The van der Waals surface area contributed by atoms with Crippen LogP contribution in [-0.2, 0) is 9.59 Å². The van der Waals surface area contributed by atoms with Crippen molar-refractivity contribution in [3.05, 3.63) is 41.6 Å². The first-order valence-electron chi connectivity index (χ1n) is 7.53. The first-order valence-corrected chi connectivity index (χ1v) is 7.91. The van der Waals surface area contributed by atoms with E-state index in [2.05, 4.69) is 20.9 Å². The SMILES string of the molecule is COc1ccc(NC(C)=O)cc1NC(C)C(=O)Nc1ccc(Cl)cn1. The number of nitrogens with one attached hydrogen (secondary N) is 3. The van der Waals surface area contributed by atoms with E-state index in [1.165, 1.54) is 20.2 Å². The van der Waals surface area contributed by atoms with Crippen molar-refractivity contribution in [3.63, 3.8) is 0 Å². The third kappa shape index (κ3) is 5.36. The second kappa shape index (κ2) is 8.34. The Morgan fingerprint density at radius 2 is 1.96 bits per heavy atom. The van der Waals surface area contributed by atoms with Gasteiger partial charge in [-0.25, -0.2) is 4.98 Å². The summed E-state index contributed by atoms with van der Waals surface area (Å²) in [4.78, 5) is 27.5. The normalized spacial score (nSPS) is 11.4. The van der Waals surface area contributed by atoms with Crippen molar-refractivity contribution in [2.45, 2.75) is 19.9 Å². The van der Waals surface area contributed by atoms with E-state index < -0.39 is 6.04 Å². The molecule has 25 heavy (non-hydrogen) atoms. The summed E-state index contributed by atoms with van der Waals surface area (Å²) in [5.41, 5.74) is 1.18. The maximum absolute atomic E-state index is 12.3. The molecule has 8 heteroatoms. The Morgan fingerprint density at radius 1 is 1.20 bits per heavy atom. The number of rotatable bonds is 6. The van der Waals surface area contributed by atoms with E-state index in [0.717, 1.165) is 0 Å². The summed E-state index contributed by atoms with van der Waals surface area (Å²) in [6.45, 7) is 3.13. The van der Waals surface area contributed by atoms with Crippen molar-refractivity contribution >= 4 is 40.6 Å². The zero-order chi connectivity index (χ0) is 18.4. The monoisotopic (exact) mass is 362 g/mol. The lowest BCUT2D eigenvalue weighted by molar-refractivity contribution is -0.116. The molecule has 1 aromatic carbocycles. The van der Waals surface area contributed by atoms with E-state index in [9.17, 15) is 9.59 Å². The van der Waals surface area contributed by atoms with Crippen LogP contribution in [0.25, 0.3) is 0 Å². The van der Waals surface area contributed by atoms with E-state index >= 15 is 0 Å². The van der Waals surface area contributed by atoms with Crippen molar-refractivity contribution in [3.8, 4) is 5.75 Å². The number of carbonyl (C=O) groups is 2. The van der Waals surface area contributed by atoms with Crippen LogP contribution in [0.3, 0.4) is 0 Å². The van der Waals surface area contributed by atoms with Crippen molar-refractivity contribution < 1.29 is 14.3 Å². The average Bonchev–Trinajstić information content (AvgIpc) is 2.56. The summed E-state index contributed by atoms with van der Waals surface area (Å²) in [5.74, 6) is 0.498. The average molecular weight is 363 g/mol. The Balaban J connectivity index is 2.09. The molecule has 0 saturated heterocycles. The molecule has 0 fully saturated rings. The molecule has 3 N–H and O–H groups in total. The molecule has 2 amide bonds. The fourth-order valence-electron chi connectivity index (χ4n) is 2.08. The molecule has 7 nitrogen and oxygen atoms in total. The van der Waals surface area contributed by atoms with Gasteiger partial charge in [0, 0.05) is 18.8 Å². The molecule has 0 spiro atoms. The Morgan fingerprint density at radius 3 is 2.56 bits per heavy atom. The Bertz CT molecular complexity index is 765. The number of methoxy groups -OCH3 is 1. The molecule has 0 aliphatic carbocycles. The number of hydrogen-bond acceptors (Lipinski definition) is 5. The molecule has 0 bridgehead atoms. The number of amides is 2. The molecular formula is C17H19ClN4O3. The smallest absolute Gasteiger partial charge is 0.247 e. The third-order valence-electron chi connectivity index (χ3n) is 3.26. The summed E-state index contributed by atoms with van der Waals surface area (Å²) >= 11 is 5.77. The van der Waals surface area contributed by atoms with Crippen LogP contribution < -0.4 is 20.7 Å². The van der Waals surface area contributed by atoms with Gasteiger partial charge in [-0.1, -0.05) is 11.6 Å². The Labute approximate surface area is 150 Å². The van der Waals surface area contributed by atoms with Crippen LogP contribution in [-0.4, -0.2) is 29.9 Å². The number of pyridine rings is 1. The van der Waals surface area contributed by atoms with Crippen LogP contribution in [0.5, 0.6) is 5.75 Å². The second-order valence-corrected chi connectivity index (χ2v) is 5.75. The number of anilines is 3. The number of hydrogen-bond donors (Lipinski definition) is 3. The van der Waals surface area contributed by atoms with Gasteiger partial charge in [0.05, 0.1) is 17.8 Å². The molecule has 0 aliphatic heterocycles. The highest BCUT2D eigenvalue weighted by molar-refractivity contribution is 6.30. The summed E-state index contributed by atoms with van der Waals surface area (Å²) in [7, 11) is 1.53. The molecule has 2 aromatic rings. The largest absolute Gasteiger partial charge is 0.495 e. The van der Waals surface area contributed by atoms with Crippen LogP contribution in [0.4, 0.5) is 17.2 Å². The summed E-state index contributed by atoms with van der Waals surface area (Å²) < 4.78 is 5.28. The summed E-state index contributed by atoms with van der Waals surface area (Å²) in [6, 6.07) is 7.81. The standard InChI is InChI=1S/C17H19ClN4O3/c1-10(17(24)22-16-7-4-12(18)9-19-16)20-14-8-13(21-11(2)23)5-6-15(14)25-3/h4-10,20H,1-3H3,(H,21,23)(H,19,22,24). The summed E-state index contributed by atoms with van der Waals surface area (Å²) in [5, 5.41) is 8.93. The lowest BCUT2D eigenvalue weighted by atomic mass is 10.2. The van der Waals surface area contributed by atoms with Gasteiger partial charge in [0.1, 0.15) is 17.6 Å². The van der Waals surface area contributed by atoms with Crippen molar-refractivity contribution in [1.29, 1.82) is 0 Å². The summed E-state index contributed by atoms with van der Waals surface area (Å²) in [6.07, 6.45) is 1.45. The molecule has 1 aromatic heterocycles. The molecule has 1 atom stereocenters. The number of carbonyl (C=O) groups excluding carboxylic acids is 2. The van der Waals surface area contributed by atoms with Crippen LogP contribution in [0, 0.1) is 0 Å². The lowest BCUT2D eigenvalue weighted by Gasteiger charge is -2.18. The number of ether oxygens (including phenoxy) is 1. The topological polar surface area (TPSA) is 92.4 Å². The lowest BCUT2D eigenvalue weighted by Crippen LogP contribution is -2.32. The second-order valence-electron chi connectivity index (χ2n) is 5.31. The van der Waals surface area contributed by atoms with Gasteiger partial charge < -0.3 is 20.7 Å². The highest BCUT2D eigenvalue weighted by atomic mass is 35.5. The molecule has 0 saturated carbocycles. The third-order valence-corrected chi connectivity index (χ3v) is 3.49. The van der Waals surface area contributed by atoms with Crippen LogP contribution >= 0.6 is 11.6 Å². The van der Waals surface area contributed by atoms with Gasteiger partial charge in [-0.2, -0.15) is 0 Å². The van der Waals surface area contributed by atoms with Crippen LogP contribution in [0.15, 0.2) is 36.5 Å². The fourth-order valence-corrected chi connectivity index (χ4v) is 2.20. The first-order chi connectivity index (χ1) is 11.9. The molecule has 0 aliphatic rings. The highest BCUT2D eigenvalue weighted by Crippen LogP contribution is 2.28. The van der Waals surface area contributed by atoms with Crippen molar-refractivity contribution in [2.24, 2.45) is 0 Å². The Kier molecular flexibility index (Phi) is 6.19. The number of benzene rings is 1. The minimum absolute atomic E-state index is 0.185. The van der Waals surface area contributed by atoms with E-state index in [4.69, 9.17) is 16.3 Å². The maximum atomic E-state index is 12.3. The van der Waals surface area contributed by atoms with Gasteiger partial charge in [-0.05, 0) is 37.3 Å². The Hall–Kier alpha value is -2.80. The molecule has 132 valence electrons. The van der Waals surface area contributed by atoms with E-state index in [-0.39, 0.29) is 11.8 Å². The van der Waals surface area contributed by atoms with Crippen LogP contribution in [0.2, 0.25) is 5.02 Å². The first kappa shape index (κ1) is 18.5. The van der Waals surface area contributed by atoms with Crippen LogP contribution in [0.1, 0.15) is 13.8 Å². The van der Waals surface area contributed by atoms with E-state index in [0.29, 0.717) is 28.0 Å². The van der Waals surface area contributed by atoms with Crippen molar-refractivity contribution in [2.75, 3.05) is 23.1 Å². The van der Waals surface area contributed by atoms with Gasteiger partial charge in [0.25, 0.3) is 0 Å². The number of aromatic nitrogens is 1. The van der Waals surface area contributed by atoms with Gasteiger partial charge in [-0.3, -0.25) is 9.59 Å². The maximum Gasteiger partial charge on any atom is 0.247 e. The van der Waals surface area contributed by atoms with E-state index in [1.54, 1.807) is 37.3 Å².